The highest BCUT2D eigenvalue weighted by Gasteiger charge is 2.32. The van der Waals surface area contributed by atoms with Crippen molar-refractivity contribution in [2.75, 3.05) is 6.61 Å². The Kier molecular flexibility index (Phi) is 4.53. The summed E-state index contributed by atoms with van der Waals surface area (Å²) in [5.74, 6) is 1.61. The van der Waals surface area contributed by atoms with E-state index in [0.29, 0.717) is 11.8 Å². The van der Waals surface area contributed by atoms with Crippen molar-refractivity contribution in [2.24, 2.45) is 0 Å². The van der Waals surface area contributed by atoms with Crippen molar-refractivity contribution in [2.45, 2.75) is 37.5 Å². The van der Waals surface area contributed by atoms with Crippen LogP contribution in [0.1, 0.15) is 48.0 Å². The van der Waals surface area contributed by atoms with Crippen LogP contribution >= 0.6 is 0 Å². The van der Waals surface area contributed by atoms with E-state index >= 15 is 0 Å². The molecule has 140 valence electrons. The monoisotopic (exact) mass is 368 g/mol. The number of rotatable bonds is 4. The molecule has 5 rings (SSSR count). The molecule has 0 fully saturated rings. The SMILES string of the molecule is OCCCC1c2ccc3c(ccc4ccccc43)c2CCC1c1ncccn1. The lowest BCUT2D eigenvalue weighted by molar-refractivity contribution is 0.272. The molecule has 0 spiro atoms. The molecule has 3 aromatic carbocycles. The van der Waals surface area contributed by atoms with Crippen molar-refractivity contribution in [3.63, 3.8) is 0 Å². The molecule has 0 aliphatic heterocycles. The molecule has 1 N–H and O–H groups in total. The fourth-order valence-electron chi connectivity index (χ4n) is 4.99. The van der Waals surface area contributed by atoms with Crippen molar-refractivity contribution >= 4 is 21.5 Å². The maximum absolute atomic E-state index is 9.46. The molecule has 0 saturated heterocycles. The first-order valence-electron chi connectivity index (χ1n) is 10.2. The minimum Gasteiger partial charge on any atom is -0.396 e. The summed E-state index contributed by atoms with van der Waals surface area (Å²) in [5.41, 5.74) is 2.89. The average Bonchev–Trinajstić information content (AvgIpc) is 2.77. The van der Waals surface area contributed by atoms with E-state index in [2.05, 4.69) is 58.5 Å². The Bertz CT molecular complexity index is 1120. The van der Waals surface area contributed by atoms with Crippen molar-refractivity contribution in [3.05, 3.63) is 83.9 Å². The first-order valence-corrected chi connectivity index (χ1v) is 10.2. The average molecular weight is 368 g/mol. The van der Waals surface area contributed by atoms with Crippen LogP contribution in [0.5, 0.6) is 0 Å². The van der Waals surface area contributed by atoms with Gasteiger partial charge in [0.15, 0.2) is 0 Å². The van der Waals surface area contributed by atoms with Crippen LogP contribution in [0.2, 0.25) is 0 Å². The number of fused-ring (bicyclic) bond motifs is 5. The zero-order chi connectivity index (χ0) is 18.9. The highest BCUT2D eigenvalue weighted by molar-refractivity contribution is 6.08. The Hall–Kier alpha value is -2.78. The molecular formula is C25H24N2O. The van der Waals surface area contributed by atoms with Crippen LogP contribution < -0.4 is 0 Å². The number of aliphatic hydroxyl groups excluding tert-OH is 1. The summed E-state index contributed by atoms with van der Waals surface area (Å²) >= 11 is 0. The lowest BCUT2D eigenvalue weighted by Gasteiger charge is -2.33. The molecule has 1 aliphatic rings. The molecule has 28 heavy (non-hydrogen) atoms. The maximum Gasteiger partial charge on any atom is 0.131 e. The quantitative estimate of drug-likeness (QED) is 0.493. The highest BCUT2D eigenvalue weighted by atomic mass is 16.2. The molecule has 0 bridgehead atoms. The van der Waals surface area contributed by atoms with Gasteiger partial charge in [0.05, 0.1) is 0 Å². The van der Waals surface area contributed by atoms with Gasteiger partial charge in [-0.3, -0.25) is 0 Å². The van der Waals surface area contributed by atoms with Gasteiger partial charge in [-0.1, -0.05) is 48.5 Å². The number of benzene rings is 3. The second kappa shape index (κ2) is 7.33. The first kappa shape index (κ1) is 17.3. The van der Waals surface area contributed by atoms with E-state index in [4.69, 9.17) is 0 Å². The summed E-state index contributed by atoms with van der Waals surface area (Å²) in [5, 5.41) is 14.8. The molecule has 1 heterocycles. The second-order valence-electron chi connectivity index (χ2n) is 7.74. The van der Waals surface area contributed by atoms with E-state index in [0.717, 1.165) is 31.5 Å². The Labute approximate surface area is 165 Å². The topological polar surface area (TPSA) is 46.0 Å². The maximum atomic E-state index is 9.46. The number of hydrogen-bond acceptors (Lipinski definition) is 3. The Morgan fingerprint density at radius 2 is 1.68 bits per heavy atom. The zero-order valence-electron chi connectivity index (χ0n) is 15.9. The van der Waals surface area contributed by atoms with Gasteiger partial charge in [0.25, 0.3) is 0 Å². The second-order valence-corrected chi connectivity index (χ2v) is 7.74. The summed E-state index contributed by atoms with van der Waals surface area (Å²) in [6.45, 7) is 0.229. The fourth-order valence-corrected chi connectivity index (χ4v) is 4.99. The van der Waals surface area contributed by atoms with E-state index in [1.807, 2.05) is 18.5 Å². The predicted octanol–water partition coefficient (Wildman–Crippen LogP) is 5.37. The number of nitrogens with zero attached hydrogens (tertiary/aromatic N) is 2. The zero-order valence-corrected chi connectivity index (χ0v) is 15.9. The van der Waals surface area contributed by atoms with Crippen LogP contribution in [-0.2, 0) is 6.42 Å². The number of aromatic nitrogens is 2. The van der Waals surface area contributed by atoms with Gasteiger partial charge < -0.3 is 5.11 Å². The third-order valence-corrected chi connectivity index (χ3v) is 6.25. The van der Waals surface area contributed by atoms with Gasteiger partial charge in [0.1, 0.15) is 5.82 Å². The largest absolute Gasteiger partial charge is 0.396 e. The van der Waals surface area contributed by atoms with E-state index in [-0.39, 0.29) is 6.61 Å². The number of hydrogen-bond donors (Lipinski definition) is 1. The van der Waals surface area contributed by atoms with E-state index in [9.17, 15) is 5.11 Å². The Morgan fingerprint density at radius 3 is 2.54 bits per heavy atom. The smallest absolute Gasteiger partial charge is 0.131 e. The highest BCUT2D eigenvalue weighted by Crippen LogP contribution is 2.46. The molecule has 0 saturated carbocycles. The molecular weight excluding hydrogens is 344 g/mol. The lowest BCUT2D eigenvalue weighted by atomic mass is 9.71. The fraction of sp³-hybridized carbons (Fsp3) is 0.280. The van der Waals surface area contributed by atoms with E-state index < -0.39 is 0 Å². The molecule has 0 amide bonds. The van der Waals surface area contributed by atoms with Crippen molar-refractivity contribution in [1.29, 1.82) is 0 Å². The predicted molar refractivity (Wildman–Crippen MR) is 114 cm³/mol. The van der Waals surface area contributed by atoms with E-state index in [1.165, 1.54) is 32.7 Å². The van der Waals surface area contributed by atoms with Crippen LogP contribution in [0.15, 0.2) is 67.0 Å². The molecule has 0 radical (unpaired) electrons. The summed E-state index contributed by atoms with van der Waals surface area (Å²) in [6.07, 6.45) is 7.55. The molecule has 2 atom stereocenters. The Morgan fingerprint density at radius 1 is 0.857 bits per heavy atom. The summed E-state index contributed by atoms with van der Waals surface area (Å²) in [4.78, 5) is 9.13. The van der Waals surface area contributed by atoms with Gasteiger partial charge >= 0.3 is 0 Å². The summed E-state index contributed by atoms with van der Waals surface area (Å²) in [6, 6.07) is 19.6. The molecule has 1 aromatic heterocycles. The molecule has 3 nitrogen and oxygen atoms in total. The van der Waals surface area contributed by atoms with Crippen molar-refractivity contribution < 1.29 is 5.11 Å². The van der Waals surface area contributed by atoms with Crippen LogP contribution in [0, 0.1) is 0 Å². The van der Waals surface area contributed by atoms with Gasteiger partial charge in [-0.05, 0) is 70.3 Å². The molecule has 3 heteroatoms. The van der Waals surface area contributed by atoms with Gasteiger partial charge in [-0.15, -0.1) is 0 Å². The van der Waals surface area contributed by atoms with Crippen LogP contribution in [-0.4, -0.2) is 21.7 Å². The minimum absolute atomic E-state index is 0.229. The molecule has 1 aliphatic carbocycles. The van der Waals surface area contributed by atoms with E-state index in [1.54, 1.807) is 0 Å². The van der Waals surface area contributed by atoms with Crippen LogP contribution in [0.3, 0.4) is 0 Å². The van der Waals surface area contributed by atoms with Gasteiger partial charge in [0.2, 0.25) is 0 Å². The Balaban J connectivity index is 1.66. The summed E-state index contributed by atoms with van der Waals surface area (Å²) < 4.78 is 0. The van der Waals surface area contributed by atoms with Crippen molar-refractivity contribution in [3.8, 4) is 0 Å². The minimum atomic E-state index is 0.229. The van der Waals surface area contributed by atoms with Crippen LogP contribution in [0.4, 0.5) is 0 Å². The van der Waals surface area contributed by atoms with Crippen LogP contribution in [0.25, 0.3) is 21.5 Å². The van der Waals surface area contributed by atoms with Gasteiger partial charge in [-0.25, -0.2) is 9.97 Å². The normalized spacial score (nSPS) is 19.0. The first-order chi connectivity index (χ1) is 13.9. The number of aryl methyl sites for hydroxylation is 1. The molecule has 4 aromatic rings. The molecule has 2 unspecified atom stereocenters. The summed E-state index contributed by atoms with van der Waals surface area (Å²) in [7, 11) is 0. The van der Waals surface area contributed by atoms with Gasteiger partial charge in [0, 0.05) is 24.9 Å². The third kappa shape index (κ3) is 2.87. The van der Waals surface area contributed by atoms with Gasteiger partial charge in [-0.2, -0.15) is 0 Å². The third-order valence-electron chi connectivity index (χ3n) is 6.25. The lowest BCUT2D eigenvalue weighted by Crippen LogP contribution is -2.21. The number of aliphatic hydroxyl groups is 1. The standard InChI is InChI=1S/C25H24N2O/c28-16-3-7-19-22-11-10-20-18-6-2-1-5-17(18)8-9-21(20)23(22)12-13-24(19)25-26-14-4-15-27-25/h1-2,4-6,8-11,14-15,19,24,28H,3,7,12-13,16H2. The van der Waals surface area contributed by atoms with Crippen molar-refractivity contribution in [1.82, 2.24) is 9.97 Å².